The number of fused-ring (bicyclic) bond motifs is 8. The van der Waals surface area contributed by atoms with Crippen LogP contribution < -0.4 is 9.64 Å². The minimum atomic E-state index is -0.233. The van der Waals surface area contributed by atoms with Crippen LogP contribution in [0.4, 0.5) is 5.69 Å². The molecule has 0 spiro atoms. The molecule has 134 valence electrons. The molecule has 0 radical (unpaired) electrons. The standard InChI is InChI=1S/C22H17NO4/c1-26-18-9-14-13-4-2-3-5-16(13)27-17(14)10-15(18)23-21(24)19-11-6-7-12(8-11)20(19)22(23)25/h2-7,9-12,19-20H,8H2,1H3/t11-,12+,19-,20+. The zero-order valence-electron chi connectivity index (χ0n) is 14.7. The highest BCUT2D eigenvalue weighted by atomic mass is 16.5. The first-order valence-corrected chi connectivity index (χ1v) is 9.23. The molecule has 2 aromatic carbocycles. The highest BCUT2D eigenvalue weighted by molar-refractivity contribution is 6.24. The fourth-order valence-corrected chi connectivity index (χ4v) is 5.22. The van der Waals surface area contributed by atoms with Gasteiger partial charge in [0.2, 0.25) is 11.8 Å². The Morgan fingerprint density at radius 2 is 1.67 bits per heavy atom. The number of benzene rings is 2. The van der Waals surface area contributed by atoms with Gasteiger partial charge in [-0.05, 0) is 30.4 Å². The lowest BCUT2D eigenvalue weighted by Crippen LogP contribution is -2.33. The Kier molecular flexibility index (Phi) is 2.78. The molecule has 4 atom stereocenters. The van der Waals surface area contributed by atoms with Gasteiger partial charge in [0.1, 0.15) is 16.9 Å². The van der Waals surface area contributed by atoms with E-state index in [2.05, 4.69) is 12.2 Å². The molecule has 0 N–H and O–H groups in total. The largest absolute Gasteiger partial charge is 0.495 e. The first-order chi connectivity index (χ1) is 13.2. The second kappa shape index (κ2) is 5.00. The number of rotatable bonds is 2. The Bertz CT molecular complexity index is 1140. The van der Waals surface area contributed by atoms with Crippen molar-refractivity contribution in [2.75, 3.05) is 12.0 Å². The molecule has 0 unspecified atom stereocenters. The number of hydrogen-bond donors (Lipinski definition) is 0. The lowest BCUT2D eigenvalue weighted by Gasteiger charge is -2.19. The van der Waals surface area contributed by atoms with Crippen molar-refractivity contribution in [1.82, 2.24) is 0 Å². The van der Waals surface area contributed by atoms with Gasteiger partial charge in [0, 0.05) is 16.8 Å². The highest BCUT2D eigenvalue weighted by Crippen LogP contribution is 2.54. The Morgan fingerprint density at radius 3 is 2.37 bits per heavy atom. The normalized spacial score (nSPS) is 28.7. The summed E-state index contributed by atoms with van der Waals surface area (Å²) < 4.78 is 11.5. The van der Waals surface area contributed by atoms with Crippen molar-refractivity contribution >= 4 is 39.4 Å². The van der Waals surface area contributed by atoms with Gasteiger partial charge in [-0.2, -0.15) is 0 Å². The number of ether oxygens (including phenoxy) is 1. The van der Waals surface area contributed by atoms with Crippen LogP contribution in [0.5, 0.6) is 5.75 Å². The summed E-state index contributed by atoms with van der Waals surface area (Å²) in [6.07, 6.45) is 5.11. The van der Waals surface area contributed by atoms with Crippen molar-refractivity contribution in [3.63, 3.8) is 0 Å². The van der Waals surface area contributed by atoms with E-state index in [1.54, 1.807) is 13.2 Å². The number of nitrogens with zero attached hydrogens (tertiary/aromatic N) is 1. The van der Waals surface area contributed by atoms with Crippen molar-refractivity contribution in [2.45, 2.75) is 6.42 Å². The molecule has 1 saturated carbocycles. The maximum atomic E-state index is 13.1. The van der Waals surface area contributed by atoms with Crippen molar-refractivity contribution in [3.05, 3.63) is 48.6 Å². The van der Waals surface area contributed by atoms with Crippen LogP contribution in [0.1, 0.15) is 6.42 Å². The van der Waals surface area contributed by atoms with Crippen LogP contribution in [0.15, 0.2) is 53.0 Å². The van der Waals surface area contributed by atoms with Crippen LogP contribution in [0, 0.1) is 23.7 Å². The maximum Gasteiger partial charge on any atom is 0.238 e. The summed E-state index contributed by atoms with van der Waals surface area (Å²) >= 11 is 0. The number of para-hydroxylation sites is 1. The average Bonchev–Trinajstić information content (AvgIpc) is 3.42. The number of imide groups is 1. The third-order valence-corrected chi connectivity index (χ3v) is 6.39. The summed E-state index contributed by atoms with van der Waals surface area (Å²) in [6.45, 7) is 0. The zero-order chi connectivity index (χ0) is 18.3. The predicted octanol–water partition coefficient (Wildman–Crippen LogP) is 3.91. The lowest BCUT2D eigenvalue weighted by atomic mass is 9.85. The van der Waals surface area contributed by atoms with Gasteiger partial charge >= 0.3 is 0 Å². The summed E-state index contributed by atoms with van der Waals surface area (Å²) in [7, 11) is 1.56. The van der Waals surface area contributed by atoms with E-state index in [0.717, 1.165) is 22.8 Å². The van der Waals surface area contributed by atoms with Crippen LogP contribution in [0.2, 0.25) is 0 Å². The van der Waals surface area contributed by atoms with Gasteiger partial charge < -0.3 is 9.15 Å². The van der Waals surface area contributed by atoms with Crippen LogP contribution in [-0.4, -0.2) is 18.9 Å². The van der Waals surface area contributed by atoms with Crippen molar-refractivity contribution in [1.29, 1.82) is 0 Å². The zero-order valence-corrected chi connectivity index (χ0v) is 14.7. The number of furan rings is 1. The number of carbonyl (C=O) groups excluding carboxylic acids is 2. The minimum Gasteiger partial charge on any atom is -0.495 e. The fraction of sp³-hybridized carbons (Fsp3) is 0.273. The first-order valence-electron chi connectivity index (χ1n) is 9.23. The quantitative estimate of drug-likeness (QED) is 0.514. The summed E-state index contributed by atoms with van der Waals surface area (Å²) in [6, 6.07) is 11.4. The number of carbonyl (C=O) groups is 2. The predicted molar refractivity (Wildman–Crippen MR) is 100 cm³/mol. The minimum absolute atomic E-state index is 0.115. The third-order valence-electron chi connectivity index (χ3n) is 6.39. The molecule has 27 heavy (non-hydrogen) atoms. The van der Waals surface area contributed by atoms with E-state index in [0.29, 0.717) is 17.0 Å². The lowest BCUT2D eigenvalue weighted by molar-refractivity contribution is -0.123. The van der Waals surface area contributed by atoms with Crippen molar-refractivity contribution < 1.29 is 18.7 Å². The molecule has 2 aliphatic carbocycles. The summed E-state index contributed by atoms with van der Waals surface area (Å²) in [4.78, 5) is 27.6. The highest BCUT2D eigenvalue weighted by Gasteiger charge is 2.60. The molecule has 2 amide bonds. The van der Waals surface area contributed by atoms with Crippen molar-refractivity contribution in [2.24, 2.45) is 23.7 Å². The molecule has 2 bridgehead atoms. The summed E-state index contributed by atoms with van der Waals surface area (Å²) in [5, 5.41) is 1.89. The second-order valence-corrected chi connectivity index (χ2v) is 7.63. The monoisotopic (exact) mass is 359 g/mol. The van der Waals surface area contributed by atoms with E-state index >= 15 is 0 Å². The van der Waals surface area contributed by atoms with Gasteiger partial charge in [0.15, 0.2) is 0 Å². The van der Waals surface area contributed by atoms with E-state index in [-0.39, 0.29) is 35.5 Å². The molecule has 3 aliphatic rings. The Labute approximate surface area is 155 Å². The molecule has 1 saturated heterocycles. The SMILES string of the molecule is COc1cc2c(cc1N1C(=O)[C@@H]3[C@H](C1=O)[C@@H]1C=C[C@H]3C1)oc1ccccc12. The Balaban J connectivity index is 1.54. The molecule has 6 rings (SSSR count). The van der Waals surface area contributed by atoms with Gasteiger partial charge in [-0.3, -0.25) is 9.59 Å². The molecule has 5 heteroatoms. The molecule has 1 aliphatic heterocycles. The van der Waals surface area contributed by atoms with Gasteiger partial charge in [-0.25, -0.2) is 4.90 Å². The van der Waals surface area contributed by atoms with Gasteiger partial charge in [0.05, 0.1) is 24.6 Å². The van der Waals surface area contributed by atoms with Crippen LogP contribution in [0.3, 0.4) is 0 Å². The van der Waals surface area contributed by atoms with Crippen LogP contribution in [0.25, 0.3) is 21.9 Å². The summed E-state index contributed by atoms with van der Waals surface area (Å²) in [5.74, 6) is 0.180. The number of methoxy groups -OCH3 is 1. The smallest absolute Gasteiger partial charge is 0.238 e. The van der Waals surface area contributed by atoms with E-state index in [1.165, 1.54) is 4.90 Å². The topological polar surface area (TPSA) is 59.8 Å². The number of anilines is 1. The molecular formula is C22H17NO4. The van der Waals surface area contributed by atoms with Crippen molar-refractivity contribution in [3.8, 4) is 5.75 Å². The Morgan fingerprint density at radius 1 is 0.963 bits per heavy atom. The molecule has 2 fully saturated rings. The third kappa shape index (κ3) is 1.79. The second-order valence-electron chi connectivity index (χ2n) is 7.63. The molecule has 1 aromatic heterocycles. The molecular weight excluding hydrogens is 342 g/mol. The number of hydrogen-bond acceptors (Lipinski definition) is 4. The number of allylic oxidation sites excluding steroid dienone is 2. The van der Waals surface area contributed by atoms with E-state index in [9.17, 15) is 9.59 Å². The molecule has 3 aromatic rings. The average molecular weight is 359 g/mol. The molecule has 2 heterocycles. The van der Waals surface area contributed by atoms with E-state index < -0.39 is 0 Å². The van der Waals surface area contributed by atoms with Crippen LogP contribution >= 0.6 is 0 Å². The van der Waals surface area contributed by atoms with Gasteiger partial charge in [-0.15, -0.1) is 0 Å². The fourth-order valence-electron chi connectivity index (χ4n) is 5.22. The summed E-state index contributed by atoms with van der Waals surface area (Å²) in [5.41, 5.74) is 1.89. The molecule has 5 nitrogen and oxygen atoms in total. The van der Waals surface area contributed by atoms with E-state index in [1.807, 2.05) is 30.3 Å². The van der Waals surface area contributed by atoms with Gasteiger partial charge in [0.25, 0.3) is 0 Å². The van der Waals surface area contributed by atoms with E-state index in [4.69, 9.17) is 9.15 Å². The maximum absolute atomic E-state index is 13.1. The first kappa shape index (κ1) is 15.0. The Hall–Kier alpha value is -3.08. The number of amides is 2. The van der Waals surface area contributed by atoms with Crippen LogP contribution in [-0.2, 0) is 9.59 Å². The van der Waals surface area contributed by atoms with Gasteiger partial charge in [-0.1, -0.05) is 30.4 Å².